The van der Waals surface area contributed by atoms with Gasteiger partial charge in [-0.15, -0.1) is 10.2 Å². The summed E-state index contributed by atoms with van der Waals surface area (Å²) in [5, 5.41) is 18.8. The van der Waals surface area contributed by atoms with Crippen LogP contribution >= 0.6 is 35.0 Å². The number of nitrogens with zero attached hydrogens (tertiary/aromatic N) is 6. The number of halogens is 3. The molecule has 2 aromatic heterocycles. The van der Waals surface area contributed by atoms with Crippen LogP contribution in [0.5, 0.6) is 0 Å². The molecule has 2 aromatic carbocycles. The summed E-state index contributed by atoms with van der Waals surface area (Å²) in [7, 11) is 0. The largest absolute Gasteiger partial charge is 0.249 e. The van der Waals surface area contributed by atoms with Crippen molar-refractivity contribution >= 4 is 41.2 Å². The standard InChI is InChI=1S/C21H17Cl2FN6S/c1-14-19(20(23)29(28-14)11-15-4-8-18(24)9-5-15)10-26-30-13-25-27-21(30)31-12-16-2-6-17(22)7-3-16/h2-10,13H,11-12H2,1H3/b26-10+. The minimum Gasteiger partial charge on any atom is -0.249 e. The molecule has 0 aliphatic rings. The maximum atomic E-state index is 13.1. The first-order valence-electron chi connectivity index (χ1n) is 9.28. The molecular weight excluding hydrogens is 458 g/mol. The van der Waals surface area contributed by atoms with Crippen LogP contribution in [-0.2, 0) is 12.3 Å². The number of aromatic nitrogens is 5. The molecule has 0 fully saturated rings. The van der Waals surface area contributed by atoms with Gasteiger partial charge in [-0.1, -0.05) is 59.2 Å². The number of hydrogen-bond donors (Lipinski definition) is 0. The van der Waals surface area contributed by atoms with Gasteiger partial charge < -0.3 is 0 Å². The van der Waals surface area contributed by atoms with E-state index in [1.54, 1.807) is 27.7 Å². The monoisotopic (exact) mass is 474 g/mol. The van der Waals surface area contributed by atoms with Gasteiger partial charge in [0, 0.05) is 10.8 Å². The average molecular weight is 475 g/mol. The molecule has 158 valence electrons. The molecule has 0 aliphatic carbocycles. The van der Waals surface area contributed by atoms with E-state index in [1.165, 1.54) is 30.2 Å². The third-order valence-corrected chi connectivity index (χ3v) is 6.10. The van der Waals surface area contributed by atoms with Crippen molar-refractivity contribution in [3.63, 3.8) is 0 Å². The Balaban J connectivity index is 1.47. The topological polar surface area (TPSA) is 60.9 Å². The molecule has 0 N–H and O–H groups in total. The molecule has 0 amide bonds. The second kappa shape index (κ2) is 9.64. The number of hydrogen-bond acceptors (Lipinski definition) is 5. The van der Waals surface area contributed by atoms with Crippen LogP contribution in [0.25, 0.3) is 0 Å². The second-order valence-electron chi connectivity index (χ2n) is 6.69. The summed E-state index contributed by atoms with van der Waals surface area (Å²) < 4.78 is 16.4. The van der Waals surface area contributed by atoms with E-state index in [4.69, 9.17) is 23.2 Å². The second-order valence-corrected chi connectivity index (χ2v) is 8.43. The van der Waals surface area contributed by atoms with Gasteiger partial charge in [-0.2, -0.15) is 14.9 Å². The van der Waals surface area contributed by atoms with Crippen molar-refractivity contribution in [3.05, 3.63) is 93.2 Å². The molecule has 0 spiro atoms. The lowest BCUT2D eigenvalue weighted by Crippen LogP contribution is -2.02. The van der Waals surface area contributed by atoms with Crippen LogP contribution in [0, 0.1) is 12.7 Å². The van der Waals surface area contributed by atoms with E-state index in [9.17, 15) is 4.39 Å². The fraction of sp³-hybridized carbons (Fsp3) is 0.143. The molecule has 0 saturated heterocycles. The normalized spacial score (nSPS) is 11.5. The highest BCUT2D eigenvalue weighted by Gasteiger charge is 2.13. The number of thioether (sulfide) groups is 1. The Bertz CT molecular complexity index is 1200. The Morgan fingerprint density at radius 3 is 2.52 bits per heavy atom. The van der Waals surface area contributed by atoms with Gasteiger partial charge in [0.2, 0.25) is 5.16 Å². The Hall–Kier alpha value is -2.68. The molecule has 4 aromatic rings. The molecule has 2 heterocycles. The fourth-order valence-electron chi connectivity index (χ4n) is 2.82. The molecule has 10 heteroatoms. The predicted octanol–water partition coefficient (Wildman–Crippen LogP) is 5.45. The Morgan fingerprint density at radius 1 is 1.06 bits per heavy atom. The van der Waals surface area contributed by atoms with E-state index in [0.29, 0.717) is 33.2 Å². The lowest BCUT2D eigenvalue weighted by atomic mass is 10.2. The van der Waals surface area contributed by atoms with Crippen molar-refractivity contribution in [1.82, 2.24) is 24.7 Å². The van der Waals surface area contributed by atoms with Crippen molar-refractivity contribution in [3.8, 4) is 0 Å². The van der Waals surface area contributed by atoms with Crippen LogP contribution in [0.4, 0.5) is 4.39 Å². The molecule has 0 radical (unpaired) electrons. The van der Waals surface area contributed by atoms with E-state index < -0.39 is 0 Å². The fourth-order valence-corrected chi connectivity index (χ4v) is 4.05. The lowest BCUT2D eigenvalue weighted by molar-refractivity contribution is 0.624. The molecule has 0 aliphatic heterocycles. The van der Waals surface area contributed by atoms with Crippen LogP contribution in [0.1, 0.15) is 22.4 Å². The number of aryl methyl sites for hydroxylation is 1. The summed E-state index contributed by atoms with van der Waals surface area (Å²) in [4.78, 5) is 0. The minimum absolute atomic E-state index is 0.280. The van der Waals surface area contributed by atoms with Crippen molar-refractivity contribution < 1.29 is 4.39 Å². The summed E-state index contributed by atoms with van der Waals surface area (Å²) in [6.07, 6.45) is 3.18. The van der Waals surface area contributed by atoms with Gasteiger partial charge in [-0.25, -0.2) is 9.07 Å². The number of benzene rings is 2. The van der Waals surface area contributed by atoms with Gasteiger partial charge in [0.1, 0.15) is 17.3 Å². The molecule has 0 unspecified atom stereocenters. The highest BCUT2D eigenvalue weighted by atomic mass is 35.5. The Labute approximate surface area is 192 Å². The number of rotatable bonds is 7. The van der Waals surface area contributed by atoms with E-state index in [2.05, 4.69) is 20.4 Å². The van der Waals surface area contributed by atoms with Crippen molar-refractivity contribution in [2.75, 3.05) is 0 Å². The van der Waals surface area contributed by atoms with E-state index in [0.717, 1.165) is 16.8 Å². The van der Waals surface area contributed by atoms with Crippen LogP contribution in [-0.4, -0.2) is 30.9 Å². The Kier molecular flexibility index (Phi) is 6.70. The molecule has 0 atom stereocenters. The first-order valence-corrected chi connectivity index (χ1v) is 11.0. The van der Waals surface area contributed by atoms with Crippen molar-refractivity contribution in [1.29, 1.82) is 0 Å². The van der Waals surface area contributed by atoms with E-state index >= 15 is 0 Å². The van der Waals surface area contributed by atoms with Crippen molar-refractivity contribution in [2.24, 2.45) is 5.10 Å². The first kappa shape index (κ1) is 21.5. The zero-order valence-corrected chi connectivity index (χ0v) is 18.7. The Morgan fingerprint density at radius 2 is 1.77 bits per heavy atom. The van der Waals surface area contributed by atoms with E-state index in [-0.39, 0.29) is 5.82 Å². The quantitative estimate of drug-likeness (QED) is 0.263. The van der Waals surface area contributed by atoms with Crippen LogP contribution < -0.4 is 0 Å². The highest BCUT2D eigenvalue weighted by Crippen LogP contribution is 2.23. The highest BCUT2D eigenvalue weighted by molar-refractivity contribution is 7.98. The summed E-state index contributed by atoms with van der Waals surface area (Å²) >= 11 is 14.0. The maximum absolute atomic E-state index is 13.1. The first-order chi connectivity index (χ1) is 15.0. The third kappa shape index (κ3) is 5.33. The predicted molar refractivity (Wildman–Crippen MR) is 122 cm³/mol. The van der Waals surface area contributed by atoms with Gasteiger partial charge in [0.05, 0.1) is 24.0 Å². The van der Waals surface area contributed by atoms with Crippen LogP contribution in [0.3, 0.4) is 0 Å². The molecule has 31 heavy (non-hydrogen) atoms. The van der Waals surface area contributed by atoms with Gasteiger partial charge in [0.15, 0.2) is 0 Å². The molecule has 4 rings (SSSR count). The van der Waals surface area contributed by atoms with Crippen LogP contribution in [0.15, 0.2) is 65.1 Å². The maximum Gasteiger partial charge on any atom is 0.212 e. The smallest absolute Gasteiger partial charge is 0.212 e. The molecular formula is C21H17Cl2FN6S. The summed E-state index contributed by atoms with van der Waals surface area (Å²) in [5.74, 6) is 0.429. The van der Waals surface area contributed by atoms with Crippen LogP contribution in [0.2, 0.25) is 10.2 Å². The van der Waals surface area contributed by atoms with E-state index in [1.807, 2.05) is 31.2 Å². The minimum atomic E-state index is -0.280. The van der Waals surface area contributed by atoms with Gasteiger partial charge >= 0.3 is 0 Å². The van der Waals surface area contributed by atoms with Gasteiger partial charge in [0.25, 0.3) is 0 Å². The zero-order valence-electron chi connectivity index (χ0n) is 16.4. The lowest BCUT2D eigenvalue weighted by Gasteiger charge is -2.03. The average Bonchev–Trinajstić information content (AvgIpc) is 3.31. The SMILES string of the molecule is Cc1nn(Cc2ccc(F)cc2)c(Cl)c1/C=N/n1cnnc1SCc1ccc(Cl)cc1. The summed E-state index contributed by atoms with van der Waals surface area (Å²) in [6, 6.07) is 13.9. The molecule has 0 saturated carbocycles. The van der Waals surface area contributed by atoms with Gasteiger partial charge in [-0.05, 0) is 42.3 Å². The third-order valence-electron chi connectivity index (χ3n) is 4.45. The zero-order chi connectivity index (χ0) is 21.8. The van der Waals surface area contributed by atoms with Crippen molar-refractivity contribution in [2.45, 2.75) is 24.4 Å². The summed E-state index contributed by atoms with van der Waals surface area (Å²) in [6.45, 7) is 2.29. The van der Waals surface area contributed by atoms with Gasteiger partial charge in [-0.3, -0.25) is 0 Å². The summed E-state index contributed by atoms with van der Waals surface area (Å²) in [5.41, 5.74) is 3.45. The molecule has 6 nitrogen and oxygen atoms in total. The molecule has 0 bridgehead atoms.